The van der Waals surface area contributed by atoms with Gasteiger partial charge in [0.05, 0.1) is 29.0 Å². The molecule has 0 atom stereocenters. The van der Waals surface area contributed by atoms with Crippen molar-refractivity contribution in [3.63, 3.8) is 0 Å². The number of nitrogens with one attached hydrogen (secondary N) is 1. The summed E-state index contributed by atoms with van der Waals surface area (Å²) in [6, 6.07) is 18.5. The van der Waals surface area contributed by atoms with E-state index in [1.165, 1.54) is 6.21 Å². The van der Waals surface area contributed by atoms with Crippen LogP contribution in [0.3, 0.4) is 0 Å². The number of carbonyl (C=O) groups is 2. The first-order chi connectivity index (χ1) is 15.5. The van der Waals surface area contributed by atoms with Gasteiger partial charge < -0.3 is 9.47 Å². The zero-order valence-corrected chi connectivity index (χ0v) is 19.5. The third-order valence-corrected chi connectivity index (χ3v) is 5.05. The van der Waals surface area contributed by atoms with Crippen LogP contribution in [0.5, 0.6) is 11.5 Å². The van der Waals surface area contributed by atoms with Crippen molar-refractivity contribution >= 4 is 45.6 Å². The van der Waals surface area contributed by atoms with E-state index in [4.69, 9.17) is 21.1 Å². The van der Waals surface area contributed by atoms with E-state index in [0.29, 0.717) is 39.8 Å². The van der Waals surface area contributed by atoms with Crippen LogP contribution in [0.4, 0.5) is 0 Å². The summed E-state index contributed by atoms with van der Waals surface area (Å²) in [6.45, 7) is 2.63. The highest BCUT2D eigenvalue weighted by molar-refractivity contribution is 9.10. The molecule has 8 heteroatoms. The lowest BCUT2D eigenvalue weighted by Gasteiger charge is -2.09. The van der Waals surface area contributed by atoms with E-state index in [1.807, 2.05) is 6.92 Å². The highest BCUT2D eigenvalue weighted by Gasteiger charge is 2.13. The van der Waals surface area contributed by atoms with E-state index in [9.17, 15) is 9.59 Å². The number of nitrogens with zero attached hydrogens (tertiary/aromatic N) is 1. The second-order valence-corrected chi connectivity index (χ2v) is 7.95. The van der Waals surface area contributed by atoms with Crippen molar-refractivity contribution in [3.05, 3.63) is 92.9 Å². The molecule has 0 saturated heterocycles. The van der Waals surface area contributed by atoms with E-state index >= 15 is 0 Å². The molecule has 0 saturated carbocycles. The Morgan fingerprint density at radius 2 is 1.84 bits per heavy atom. The predicted molar refractivity (Wildman–Crippen MR) is 128 cm³/mol. The second kappa shape index (κ2) is 11.5. The largest absolute Gasteiger partial charge is 0.494 e. The zero-order chi connectivity index (χ0) is 22.9. The fourth-order valence-electron chi connectivity index (χ4n) is 2.65. The number of esters is 1. The average Bonchev–Trinajstić information content (AvgIpc) is 2.80. The Bertz CT molecular complexity index is 1130. The highest BCUT2D eigenvalue weighted by Crippen LogP contribution is 2.23. The first-order valence-electron chi connectivity index (χ1n) is 9.80. The van der Waals surface area contributed by atoms with Crippen molar-refractivity contribution in [2.24, 2.45) is 5.10 Å². The Hall–Kier alpha value is -3.16. The molecule has 0 aliphatic carbocycles. The first kappa shape index (κ1) is 23.5. The number of hydrazone groups is 1. The Morgan fingerprint density at radius 1 is 1.09 bits per heavy atom. The molecule has 0 spiro atoms. The van der Waals surface area contributed by atoms with Crippen molar-refractivity contribution in [3.8, 4) is 11.5 Å². The predicted octanol–water partition coefficient (Wildman–Crippen LogP) is 5.87. The molecule has 0 aliphatic heterocycles. The molecular formula is C24H20BrClN2O4. The van der Waals surface area contributed by atoms with Crippen LogP contribution in [0.15, 0.2) is 76.3 Å². The molecule has 0 radical (unpaired) electrons. The zero-order valence-electron chi connectivity index (χ0n) is 17.2. The molecule has 1 N–H and O–H groups in total. The van der Waals surface area contributed by atoms with Crippen molar-refractivity contribution < 1.29 is 19.1 Å². The molecule has 32 heavy (non-hydrogen) atoms. The lowest BCUT2D eigenvalue weighted by molar-refractivity contribution is 0.0734. The molecule has 1 amide bonds. The number of hydrogen-bond donors (Lipinski definition) is 1. The minimum Gasteiger partial charge on any atom is -0.494 e. The van der Waals surface area contributed by atoms with Crippen LogP contribution in [0.25, 0.3) is 0 Å². The lowest BCUT2D eigenvalue weighted by Crippen LogP contribution is -2.18. The Balaban J connectivity index is 1.70. The molecule has 3 aromatic rings. The molecule has 3 aromatic carbocycles. The lowest BCUT2D eigenvalue weighted by atomic mass is 10.2. The minimum atomic E-state index is -0.524. The van der Waals surface area contributed by atoms with E-state index in [2.05, 4.69) is 26.5 Å². The number of rotatable bonds is 8. The number of benzene rings is 3. The third-order valence-electron chi connectivity index (χ3n) is 4.23. The Kier molecular flexibility index (Phi) is 8.41. The van der Waals surface area contributed by atoms with Gasteiger partial charge in [-0.15, -0.1) is 0 Å². The number of halogens is 2. The van der Waals surface area contributed by atoms with Crippen LogP contribution in [-0.2, 0) is 0 Å². The van der Waals surface area contributed by atoms with Crippen LogP contribution in [0.1, 0.15) is 39.6 Å². The number of ether oxygens (including phenoxy) is 2. The van der Waals surface area contributed by atoms with Crippen molar-refractivity contribution in [1.29, 1.82) is 0 Å². The molecule has 0 aliphatic rings. The normalized spacial score (nSPS) is 10.7. The molecular weight excluding hydrogens is 496 g/mol. The van der Waals surface area contributed by atoms with Crippen LogP contribution in [0.2, 0.25) is 5.02 Å². The fraction of sp³-hybridized carbons (Fsp3) is 0.125. The molecule has 0 fully saturated rings. The van der Waals surface area contributed by atoms with Crippen molar-refractivity contribution in [2.45, 2.75) is 13.3 Å². The van der Waals surface area contributed by atoms with Gasteiger partial charge in [-0.3, -0.25) is 4.79 Å². The highest BCUT2D eigenvalue weighted by atomic mass is 79.9. The molecule has 0 heterocycles. The van der Waals surface area contributed by atoms with Gasteiger partial charge in [-0.1, -0.05) is 46.6 Å². The minimum absolute atomic E-state index is 0.292. The topological polar surface area (TPSA) is 77.0 Å². The molecule has 3 rings (SSSR count). The van der Waals surface area contributed by atoms with Gasteiger partial charge in [0.15, 0.2) is 0 Å². The monoisotopic (exact) mass is 514 g/mol. The van der Waals surface area contributed by atoms with Gasteiger partial charge in [-0.2, -0.15) is 5.10 Å². The summed E-state index contributed by atoms with van der Waals surface area (Å²) in [5.41, 5.74) is 3.60. The summed E-state index contributed by atoms with van der Waals surface area (Å²) in [4.78, 5) is 24.8. The SMILES string of the molecule is CCCOc1ccc(C(=O)Oc2ccc(Br)cc2C=NNC(=O)c2ccccc2Cl)cc1. The summed E-state index contributed by atoms with van der Waals surface area (Å²) in [7, 11) is 0. The fourth-order valence-corrected chi connectivity index (χ4v) is 3.25. The van der Waals surface area contributed by atoms with Crippen molar-refractivity contribution in [2.75, 3.05) is 6.61 Å². The summed E-state index contributed by atoms with van der Waals surface area (Å²) in [5.74, 6) is 0.00395. The standard InChI is InChI=1S/C24H20BrClN2O4/c1-2-13-31-19-10-7-16(8-11-19)24(30)32-22-12-9-18(25)14-17(22)15-27-28-23(29)20-5-3-4-6-21(20)26/h3-12,14-15H,2,13H2,1H3,(H,28,29). The third kappa shape index (κ3) is 6.42. The van der Waals surface area contributed by atoms with Gasteiger partial charge in [0.1, 0.15) is 11.5 Å². The van der Waals surface area contributed by atoms with Crippen LogP contribution in [-0.4, -0.2) is 24.7 Å². The smallest absolute Gasteiger partial charge is 0.343 e. The van der Waals surface area contributed by atoms with E-state index < -0.39 is 11.9 Å². The van der Waals surface area contributed by atoms with E-state index in [0.717, 1.165) is 10.9 Å². The van der Waals surface area contributed by atoms with Gasteiger partial charge >= 0.3 is 5.97 Å². The van der Waals surface area contributed by atoms with Crippen LogP contribution < -0.4 is 14.9 Å². The van der Waals surface area contributed by atoms with Crippen LogP contribution in [0, 0.1) is 0 Å². The van der Waals surface area contributed by atoms with Gasteiger partial charge in [0.25, 0.3) is 5.91 Å². The van der Waals surface area contributed by atoms with Crippen LogP contribution >= 0.6 is 27.5 Å². The van der Waals surface area contributed by atoms with E-state index in [-0.39, 0.29) is 0 Å². The van der Waals surface area contributed by atoms with Gasteiger partial charge in [0.2, 0.25) is 0 Å². The van der Waals surface area contributed by atoms with E-state index in [1.54, 1.807) is 66.7 Å². The molecule has 0 bridgehead atoms. The summed E-state index contributed by atoms with van der Waals surface area (Å²) in [5, 5.41) is 4.29. The molecule has 0 unspecified atom stereocenters. The summed E-state index contributed by atoms with van der Waals surface area (Å²) >= 11 is 9.41. The average molecular weight is 516 g/mol. The maximum atomic E-state index is 12.6. The molecule has 164 valence electrons. The molecule has 6 nitrogen and oxygen atoms in total. The van der Waals surface area contributed by atoms with Gasteiger partial charge in [-0.25, -0.2) is 10.2 Å². The summed E-state index contributed by atoms with van der Waals surface area (Å²) in [6.07, 6.45) is 2.29. The second-order valence-electron chi connectivity index (χ2n) is 6.62. The summed E-state index contributed by atoms with van der Waals surface area (Å²) < 4.78 is 11.8. The number of carbonyl (C=O) groups excluding carboxylic acids is 2. The molecule has 0 aromatic heterocycles. The Morgan fingerprint density at radius 3 is 2.56 bits per heavy atom. The Labute approximate surface area is 199 Å². The quantitative estimate of drug-likeness (QED) is 0.176. The maximum absolute atomic E-state index is 12.6. The van der Waals surface area contributed by atoms with Gasteiger partial charge in [-0.05, 0) is 61.0 Å². The van der Waals surface area contributed by atoms with Gasteiger partial charge in [0, 0.05) is 10.0 Å². The maximum Gasteiger partial charge on any atom is 0.343 e. The number of amides is 1. The first-order valence-corrected chi connectivity index (χ1v) is 11.0. The number of hydrogen-bond acceptors (Lipinski definition) is 5. The van der Waals surface area contributed by atoms with Crippen molar-refractivity contribution in [1.82, 2.24) is 5.43 Å².